The summed E-state index contributed by atoms with van der Waals surface area (Å²) in [4.78, 5) is 10.8. The molecule has 2 aromatic rings. The molecule has 0 aliphatic carbocycles. The molecule has 0 aromatic heterocycles. The van der Waals surface area contributed by atoms with Crippen molar-refractivity contribution in [3.63, 3.8) is 0 Å². The summed E-state index contributed by atoms with van der Waals surface area (Å²) in [6.07, 6.45) is 2.18. The fourth-order valence-corrected chi connectivity index (χ4v) is 3.38. The largest absolute Gasteiger partial charge is 0.505 e. The van der Waals surface area contributed by atoms with E-state index in [2.05, 4.69) is 41.7 Å². The number of ether oxygens (including phenoxy) is 1. The first-order chi connectivity index (χ1) is 11.7. The van der Waals surface area contributed by atoms with Gasteiger partial charge in [0, 0.05) is 12.0 Å². The van der Waals surface area contributed by atoms with Crippen LogP contribution in [0.25, 0.3) is 11.1 Å². The fraction of sp³-hybridized carbons (Fsp3) is 0.350. The molecule has 4 heteroatoms. The molecule has 1 heterocycles. The predicted octanol–water partition coefficient (Wildman–Crippen LogP) is 4.27. The summed E-state index contributed by atoms with van der Waals surface area (Å²) in [5, 5.41) is 12.4. The van der Waals surface area contributed by atoms with Crippen molar-refractivity contribution < 1.29 is 14.6 Å². The van der Waals surface area contributed by atoms with Gasteiger partial charge in [-0.2, -0.15) is 0 Å². The van der Waals surface area contributed by atoms with Crippen LogP contribution in [0.1, 0.15) is 30.7 Å². The van der Waals surface area contributed by atoms with E-state index in [1.807, 2.05) is 18.2 Å². The van der Waals surface area contributed by atoms with E-state index in [9.17, 15) is 4.79 Å². The molecule has 24 heavy (non-hydrogen) atoms. The molecule has 0 saturated carbocycles. The van der Waals surface area contributed by atoms with Crippen LogP contribution in [0.5, 0.6) is 0 Å². The number of hydrogen-bond donors (Lipinski definition) is 2. The summed E-state index contributed by atoms with van der Waals surface area (Å²) in [5.74, 6) is 0.0474. The second kappa shape index (κ2) is 7.97. The Kier molecular flexibility index (Phi) is 5.49. The second-order valence-electron chi connectivity index (χ2n) is 6.23. The molecule has 2 N–H and O–H groups in total. The Balaban J connectivity index is 1.79. The van der Waals surface area contributed by atoms with Crippen molar-refractivity contribution in [2.24, 2.45) is 0 Å². The summed E-state index contributed by atoms with van der Waals surface area (Å²) >= 11 is 0. The maximum atomic E-state index is 10.8. The van der Waals surface area contributed by atoms with Crippen molar-refractivity contribution >= 4 is 6.16 Å². The number of carbonyl (C=O) groups is 1. The first kappa shape index (κ1) is 16.5. The quantitative estimate of drug-likeness (QED) is 0.806. The molecule has 4 nitrogen and oxygen atoms in total. The molecule has 3 rings (SSSR count). The van der Waals surface area contributed by atoms with Crippen molar-refractivity contribution in [3.05, 3.63) is 60.2 Å². The molecule has 2 aromatic carbocycles. The van der Waals surface area contributed by atoms with Gasteiger partial charge in [-0.3, -0.25) is 0 Å². The molecule has 0 radical (unpaired) electrons. The minimum absolute atomic E-state index is 0.0474. The van der Waals surface area contributed by atoms with Crippen LogP contribution in [0.3, 0.4) is 0 Å². The maximum absolute atomic E-state index is 10.8. The van der Waals surface area contributed by atoms with E-state index in [1.165, 1.54) is 18.4 Å². The average molecular weight is 325 g/mol. The number of hydrogen-bond acceptors (Lipinski definition) is 3. The molecule has 1 saturated heterocycles. The highest BCUT2D eigenvalue weighted by Gasteiger charge is 2.26. The van der Waals surface area contributed by atoms with E-state index in [1.54, 1.807) is 0 Å². The van der Waals surface area contributed by atoms with Gasteiger partial charge in [0.2, 0.25) is 0 Å². The number of benzene rings is 2. The lowest BCUT2D eigenvalue weighted by Crippen LogP contribution is -2.40. The molecule has 0 bridgehead atoms. The normalized spacial score (nSPS) is 18.8. The lowest BCUT2D eigenvalue weighted by Gasteiger charge is -2.31. The third kappa shape index (κ3) is 4.15. The topological polar surface area (TPSA) is 58.6 Å². The lowest BCUT2D eigenvalue weighted by atomic mass is 9.86. The minimum atomic E-state index is -1.21. The van der Waals surface area contributed by atoms with Crippen LogP contribution in [0.15, 0.2) is 54.6 Å². The third-order valence-corrected chi connectivity index (χ3v) is 4.67. The van der Waals surface area contributed by atoms with E-state index in [-0.39, 0.29) is 18.6 Å². The van der Waals surface area contributed by atoms with Crippen LogP contribution >= 0.6 is 0 Å². The summed E-state index contributed by atoms with van der Waals surface area (Å²) in [7, 11) is 0. The molecule has 0 spiro atoms. The molecule has 1 aliphatic heterocycles. The Bertz CT molecular complexity index is 648. The standard InChI is InChI=1S/C20H23NO3/c22-20(23)24-14-18(19-8-4-5-13-21-19)17-11-9-16(10-12-17)15-6-2-1-3-7-15/h1-3,6-7,9-12,18-19,21H,4-5,8,13-14H2,(H,22,23). The Morgan fingerprint density at radius 3 is 2.42 bits per heavy atom. The Morgan fingerprint density at radius 2 is 1.79 bits per heavy atom. The van der Waals surface area contributed by atoms with Crippen molar-refractivity contribution in [2.75, 3.05) is 13.2 Å². The minimum Gasteiger partial charge on any atom is -0.450 e. The van der Waals surface area contributed by atoms with Crippen LogP contribution < -0.4 is 5.32 Å². The van der Waals surface area contributed by atoms with Crippen LogP contribution in [-0.4, -0.2) is 30.5 Å². The van der Waals surface area contributed by atoms with Crippen molar-refractivity contribution in [2.45, 2.75) is 31.2 Å². The van der Waals surface area contributed by atoms with Gasteiger partial charge in [0.1, 0.15) is 6.61 Å². The first-order valence-electron chi connectivity index (χ1n) is 8.48. The van der Waals surface area contributed by atoms with Gasteiger partial charge >= 0.3 is 6.16 Å². The molecular formula is C20H23NO3. The molecular weight excluding hydrogens is 302 g/mol. The van der Waals surface area contributed by atoms with E-state index >= 15 is 0 Å². The number of rotatable bonds is 5. The summed E-state index contributed by atoms with van der Waals surface area (Å²) < 4.78 is 4.90. The second-order valence-corrected chi connectivity index (χ2v) is 6.23. The third-order valence-electron chi connectivity index (χ3n) is 4.67. The predicted molar refractivity (Wildman–Crippen MR) is 94.2 cm³/mol. The maximum Gasteiger partial charge on any atom is 0.505 e. The molecule has 2 unspecified atom stereocenters. The number of nitrogens with one attached hydrogen (secondary N) is 1. The SMILES string of the molecule is O=C(O)OCC(c1ccc(-c2ccccc2)cc1)C1CCCCN1. The van der Waals surface area contributed by atoms with Crippen LogP contribution in [-0.2, 0) is 4.74 Å². The van der Waals surface area contributed by atoms with Gasteiger partial charge < -0.3 is 15.2 Å². The number of carboxylic acid groups (broad SMARTS) is 1. The van der Waals surface area contributed by atoms with Gasteiger partial charge in [-0.25, -0.2) is 4.79 Å². The molecule has 126 valence electrons. The zero-order valence-electron chi connectivity index (χ0n) is 13.7. The Morgan fingerprint density at radius 1 is 1.08 bits per heavy atom. The molecule has 2 atom stereocenters. The van der Waals surface area contributed by atoms with Gasteiger partial charge in [0.15, 0.2) is 0 Å². The van der Waals surface area contributed by atoms with Crippen LogP contribution in [0, 0.1) is 0 Å². The highest BCUT2D eigenvalue weighted by Crippen LogP contribution is 2.28. The van der Waals surface area contributed by atoms with Gasteiger partial charge in [0.25, 0.3) is 0 Å². The van der Waals surface area contributed by atoms with Crippen molar-refractivity contribution in [3.8, 4) is 11.1 Å². The Hall–Kier alpha value is -2.33. The highest BCUT2D eigenvalue weighted by atomic mass is 16.7. The Labute approximate surface area is 142 Å². The summed E-state index contributed by atoms with van der Waals surface area (Å²) in [6, 6.07) is 18.9. The highest BCUT2D eigenvalue weighted by molar-refractivity contribution is 5.63. The zero-order chi connectivity index (χ0) is 16.8. The molecule has 1 fully saturated rings. The summed E-state index contributed by atoms with van der Waals surface area (Å²) in [6.45, 7) is 1.17. The lowest BCUT2D eigenvalue weighted by molar-refractivity contribution is 0.0801. The van der Waals surface area contributed by atoms with Gasteiger partial charge in [-0.05, 0) is 36.1 Å². The average Bonchev–Trinajstić information content (AvgIpc) is 2.64. The van der Waals surface area contributed by atoms with E-state index in [0.717, 1.165) is 24.1 Å². The monoisotopic (exact) mass is 325 g/mol. The van der Waals surface area contributed by atoms with E-state index in [4.69, 9.17) is 9.84 Å². The van der Waals surface area contributed by atoms with Crippen molar-refractivity contribution in [1.82, 2.24) is 5.32 Å². The van der Waals surface area contributed by atoms with Gasteiger partial charge in [0.05, 0.1) is 0 Å². The zero-order valence-corrected chi connectivity index (χ0v) is 13.7. The van der Waals surface area contributed by atoms with Crippen molar-refractivity contribution in [1.29, 1.82) is 0 Å². The van der Waals surface area contributed by atoms with E-state index in [0.29, 0.717) is 0 Å². The smallest absolute Gasteiger partial charge is 0.450 e. The van der Waals surface area contributed by atoms with Crippen LogP contribution in [0.4, 0.5) is 4.79 Å². The van der Waals surface area contributed by atoms with Gasteiger partial charge in [-0.1, -0.05) is 61.0 Å². The van der Waals surface area contributed by atoms with Gasteiger partial charge in [-0.15, -0.1) is 0 Å². The van der Waals surface area contributed by atoms with Crippen LogP contribution in [0.2, 0.25) is 0 Å². The molecule has 1 aliphatic rings. The first-order valence-corrected chi connectivity index (χ1v) is 8.48. The summed E-state index contributed by atoms with van der Waals surface area (Å²) in [5.41, 5.74) is 3.46. The number of piperidine rings is 1. The molecule has 0 amide bonds. The fourth-order valence-electron chi connectivity index (χ4n) is 3.38. The van der Waals surface area contributed by atoms with E-state index < -0.39 is 6.16 Å².